The first-order valence-corrected chi connectivity index (χ1v) is 12.7. The summed E-state index contributed by atoms with van der Waals surface area (Å²) in [7, 11) is 1.45. The topological polar surface area (TPSA) is 109 Å². The van der Waals surface area contributed by atoms with Gasteiger partial charge in [0.15, 0.2) is 34.4 Å². The second kappa shape index (κ2) is 10.2. The van der Waals surface area contributed by atoms with E-state index >= 15 is 0 Å². The monoisotopic (exact) mass is 567 g/mol. The number of phenolic OH excluding ortho intramolecular Hbond substituents is 1. The summed E-state index contributed by atoms with van der Waals surface area (Å²) in [6.45, 7) is 3.81. The van der Waals surface area contributed by atoms with Gasteiger partial charge in [-0.05, 0) is 61.4 Å². The molecule has 1 aromatic heterocycles. The van der Waals surface area contributed by atoms with E-state index in [1.165, 1.54) is 30.2 Å². The van der Waals surface area contributed by atoms with E-state index in [9.17, 15) is 19.8 Å². The van der Waals surface area contributed by atoms with Gasteiger partial charge in [0.05, 0.1) is 25.3 Å². The highest BCUT2D eigenvalue weighted by Crippen LogP contribution is 2.45. The van der Waals surface area contributed by atoms with E-state index in [1.54, 1.807) is 50.2 Å². The van der Waals surface area contributed by atoms with Crippen LogP contribution < -0.4 is 14.4 Å². The maximum absolute atomic E-state index is 14.0. The number of fused-ring (bicyclic) bond motifs is 1. The van der Waals surface area contributed by atoms with E-state index in [-0.39, 0.29) is 35.0 Å². The number of nitrogens with zero attached hydrogens (tertiary/aromatic N) is 1. The lowest BCUT2D eigenvalue weighted by molar-refractivity contribution is -0.117. The van der Waals surface area contributed by atoms with E-state index in [0.29, 0.717) is 38.0 Å². The molecule has 1 aliphatic rings. The summed E-state index contributed by atoms with van der Waals surface area (Å²) >= 11 is 12.5. The molecule has 2 heterocycles. The lowest BCUT2D eigenvalue weighted by atomic mass is 9.94. The van der Waals surface area contributed by atoms with Crippen molar-refractivity contribution < 1.29 is 33.7 Å². The molecule has 5 rings (SSSR count). The van der Waals surface area contributed by atoms with Crippen molar-refractivity contribution >= 4 is 51.5 Å². The highest BCUT2D eigenvalue weighted by atomic mass is 35.5. The molecule has 0 aliphatic carbocycles. The van der Waals surface area contributed by atoms with Crippen LogP contribution in [-0.2, 0) is 4.79 Å². The Kier molecular flexibility index (Phi) is 6.92. The van der Waals surface area contributed by atoms with Crippen molar-refractivity contribution in [2.75, 3.05) is 18.6 Å². The van der Waals surface area contributed by atoms with Crippen LogP contribution >= 0.6 is 23.2 Å². The number of carbonyl (C=O) groups is 2. The van der Waals surface area contributed by atoms with Gasteiger partial charge in [-0.3, -0.25) is 14.5 Å². The van der Waals surface area contributed by atoms with Crippen LogP contribution in [0.25, 0.3) is 11.0 Å². The van der Waals surface area contributed by atoms with Crippen LogP contribution in [0.5, 0.6) is 17.2 Å². The van der Waals surface area contributed by atoms with Crippen LogP contribution in [0.15, 0.2) is 70.3 Å². The van der Waals surface area contributed by atoms with Crippen LogP contribution in [0.1, 0.15) is 34.6 Å². The Bertz CT molecular complexity index is 1670. The molecule has 1 unspecified atom stereocenters. The van der Waals surface area contributed by atoms with E-state index in [0.717, 1.165) is 0 Å². The van der Waals surface area contributed by atoms with Gasteiger partial charge in [0.2, 0.25) is 5.78 Å². The fourth-order valence-electron chi connectivity index (χ4n) is 4.70. The fraction of sp³-hybridized carbons (Fsp3) is 0.172. The number of benzene rings is 3. The first-order valence-electron chi connectivity index (χ1n) is 11.9. The minimum Gasteiger partial charge on any atom is -0.504 e. The van der Waals surface area contributed by atoms with Gasteiger partial charge in [0.1, 0.15) is 0 Å². The minimum absolute atomic E-state index is 0.113. The summed E-state index contributed by atoms with van der Waals surface area (Å²) in [5.74, 6) is -2.00. The molecule has 10 heteroatoms. The number of furan rings is 1. The summed E-state index contributed by atoms with van der Waals surface area (Å²) < 4.78 is 16.7. The third-order valence-corrected chi connectivity index (χ3v) is 6.93. The summed E-state index contributed by atoms with van der Waals surface area (Å²) in [5.41, 5.74) is 1.57. The highest BCUT2D eigenvalue weighted by molar-refractivity contribution is 6.32. The fourth-order valence-corrected chi connectivity index (χ4v) is 5.08. The van der Waals surface area contributed by atoms with Crippen LogP contribution in [0, 0.1) is 6.92 Å². The van der Waals surface area contributed by atoms with Crippen molar-refractivity contribution in [3.05, 3.63) is 92.9 Å². The summed E-state index contributed by atoms with van der Waals surface area (Å²) in [6, 6.07) is 13.0. The Hall–Kier alpha value is -4.14. The molecule has 1 aliphatic heterocycles. The predicted molar refractivity (Wildman–Crippen MR) is 147 cm³/mol. The van der Waals surface area contributed by atoms with Crippen molar-refractivity contribution in [3.8, 4) is 17.2 Å². The molecule has 1 amide bonds. The zero-order valence-corrected chi connectivity index (χ0v) is 22.6. The zero-order valence-electron chi connectivity index (χ0n) is 21.1. The lowest BCUT2D eigenvalue weighted by Gasteiger charge is -2.28. The standard InChI is InChI=1S/C29H23Cl2NO7/c1-4-38-21-10-15(6-8-20(21)33)25-24(27(35)29(36)32(25)19-12-17(30)7-5-14(19)2)26(34)22-11-16-9-18(31)13-23(37-3)28(16)39-22/h5-13,25,33,35H,4H2,1-3H3. The van der Waals surface area contributed by atoms with Crippen LogP contribution in [-0.4, -0.2) is 35.6 Å². The smallest absolute Gasteiger partial charge is 0.294 e. The van der Waals surface area contributed by atoms with E-state index < -0.39 is 23.5 Å². The van der Waals surface area contributed by atoms with Crippen molar-refractivity contribution in [1.29, 1.82) is 0 Å². The molecular weight excluding hydrogens is 545 g/mol. The Balaban J connectivity index is 1.71. The van der Waals surface area contributed by atoms with Crippen LogP contribution in [0.2, 0.25) is 10.0 Å². The van der Waals surface area contributed by atoms with Gasteiger partial charge < -0.3 is 24.1 Å². The molecule has 2 N–H and O–H groups in total. The van der Waals surface area contributed by atoms with Crippen molar-refractivity contribution in [3.63, 3.8) is 0 Å². The molecule has 0 saturated heterocycles. The number of carbonyl (C=O) groups excluding carboxylic acids is 2. The maximum Gasteiger partial charge on any atom is 0.294 e. The third-order valence-electron chi connectivity index (χ3n) is 6.47. The number of hydrogen-bond acceptors (Lipinski definition) is 7. The van der Waals surface area contributed by atoms with Crippen molar-refractivity contribution in [1.82, 2.24) is 0 Å². The average molecular weight is 568 g/mol. The summed E-state index contributed by atoms with van der Waals surface area (Å²) in [5, 5.41) is 22.7. The van der Waals surface area contributed by atoms with Crippen molar-refractivity contribution in [2.45, 2.75) is 19.9 Å². The van der Waals surface area contributed by atoms with Gasteiger partial charge in [0, 0.05) is 27.2 Å². The van der Waals surface area contributed by atoms with E-state index in [1.807, 2.05) is 0 Å². The number of anilines is 1. The molecule has 39 heavy (non-hydrogen) atoms. The molecular formula is C29H23Cl2NO7. The quantitative estimate of drug-likeness (QED) is 0.232. The number of aliphatic hydroxyl groups is 1. The summed E-state index contributed by atoms with van der Waals surface area (Å²) in [4.78, 5) is 28.8. The Morgan fingerprint density at radius 2 is 1.79 bits per heavy atom. The first-order chi connectivity index (χ1) is 18.6. The van der Waals surface area contributed by atoms with E-state index in [4.69, 9.17) is 37.1 Å². The highest BCUT2D eigenvalue weighted by Gasteiger charge is 2.46. The minimum atomic E-state index is -1.10. The van der Waals surface area contributed by atoms with Gasteiger partial charge in [-0.15, -0.1) is 0 Å². The number of hydrogen-bond donors (Lipinski definition) is 2. The number of ether oxygens (including phenoxy) is 2. The average Bonchev–Trinajstić information content (AvgIpc) is 3.45. The number of Topliss-reactive ketones (excluding diaryl/α,β-unsaturated/α-hetero) is 1. The van der Waals surface area contributed by atoms with Gasteiger partial charge in [-0.1, -0.05) is 35.3 Å². The molecule has 0 spiro atoms. The number of aliphatic hydroxyl groups excluding tert-OH is 1. The molecule has 1 atom stereocenters. The number of methoxy groups -OCH3 is 1. The Morgan fingerprint density at radius 1 is 1.03 bits per heavy atom. The second-order valence-electron chi connectivity index (χ2n) is 8.90. The number of halogens is 2. The number of ketones is 1. The molecule has 0 saturated carbocycles. The number of phenols is 1. The van der Waals surface area contributed by atoms with Crippen LogP contribution in [0.4, 0.5) is 5.69 Å². The largest absolute Gasteiger partial charge is 0.504 e. The number of aryl methyl sites for hydroxylation is 1. The lowest BCUT2D eigenvalue weighted by Crippen LogP contribution is -2.31. The summed E-state index contributed by atoms with van der Waals surface area (Å²) in [6.07, 6.45) is 0. The SMILES string of the molecule is CCOc1cc(C2C(C(=O)c3cc4cc(Cl)cc(OC)c4o3)=C(O)C(=O)N2c2cc(Cl)ccc2C)ccc1O. The Morgan fingerprint density at radius 3 is 2.51 bits per heavy atom. The predicted octanol–water partition coefficient (Wildman–Crippen LogP) is 6.94. The third kappa shape index (κ3) is 4.56. The Labute approximate surface area is 233 Å². The van der Waals surface area contributed by atoms with Crippen LogP contribution in [0.3, 0.4) is 0 Å². The zero-order chi connectivity index (χ0) is 28.0. The normalized spacial score (nSPS) is 15.4. The first kappa shape index (κ1) is 26.5. The molecule has 200 valence electrons. The maximum atomic E-state index is 14.0. The second-order valence-corrected chi connectivity index (χ2v) is 9.77. The number of amides is 1. The van der Waals surface area contributed by atoms with Crippen molar-refractivity contribution in [2.24, 2.45) is 0 Å². The van der Waals surface area contributed by atoms with Gasteiger partial charge >= 0.3 is 0 Å². The molecule has 0 radical (unpaired) electrons. The molecule has 0 fully saturated rings. The molecule has 8 nitrogen and oxygen atoms in total. The van der Waals surface area contributed by atoms with Gasteiger partial charge in [-0.25, -0.2) is 0 Å². The van der Waals surface area contributed by atoms with Gasteiger partial charge in [-0.2, -0.15) is 0 Å². The number of rotatable bonds is 7. The molecule has 4 aromatic rings. The van der Waals surface area contributed by atoms with E-state index in [2.05, 4.69) is 0 Å². The molecule has 0 bridgehead atoms. The number of aromatic hydroxyl groups is 1. The molecule has 3 aromatic carbocycles. The van der Waals surface area contributed by atoms with Gasteiger partial charge in [0.25, 0.3) is 5.91 Å².